The van der Waals surface area contributed by atoms with E-state index in [4.69, 9.17) is 15.2 Å². The van der Waals surface area contributed by atoms with Crippen LogP contribution in [0.5, 0.6) is 23.0 Å². The lowest BCUT2D eigenvalue weighted by atomic mass is 9.97. The minimum Gasteiger partial charge on any atom is -0.507 e. The summed E-state index contributed by atoms with van der Waals surface area (Å²) in [6, 6.07) is 7.18. The molecule has 0 fully saturated rings. The van der Waals surface area contributed by atoms with Crippen molar-refractivity contribution in [2.45, 2.75) is 12.4 Å². The zero-order valence-corrected chi connectivity index (χ0v) is 12.9. The first kappa shape index (κ1) is 17.7. The van der Waals surface area contributed by atoms with Gasteiger partial charge < -0.3 is 25.1 Å². The summed E-state index contributed by atoms with van der Waals surface area (Å²) in [5.41, 5.74) is 6.89. The van der Waals surface area contributed by atoms with Crippen molar-refractivity contribution in [2.75, 3.05) is 14.2 Å². The molecule has 0 aliphatic carbocycles. The number of alkyl halides is 3. The van der Waals surface area contributed by atoms with Crippen molar-refractivity contribution in [1.29, 1.82) is 0 Å². The molecule has 0 unspecified atom stereocenters. The lowest BCUT2D eigenvalue weighted by Gasteiger charge is -2.19. The smallest absolute Gasteiger partial charge is 0.507 e. The molecular formula is C16H16F3NO4. The van der Waals surface area contributed by atoms with E-state index in [0.29, 0.717) is 22.6 Å². The number of ether oxygens (including phenoxy) is 3. The van der Waals surface area contributed by atoms with E-state index < -0.39 is 12.4 Å². The molecule has 8 heteroatoms. The Hall–Kier alpha value is -2.61. The van der Waals surface area contributed by atoms with Gasteiger partial charge in [0.05, 0.1) is 25.8 Å². The first-order valence-corrected chi connectivity index (χ1v) is 6.81. The van der Waals surface area contributed by atoms with Crippen LogP contribution in [0.4, 0.5) is 13.2 Å². The third-order valence-electron chi connectivity index (χ3n) is 3.33. The maximum atomic E-state index is 12.2. The quantitative estimate of drug-likeness (QED) is 0.871. The summed E-state index contributed by atoms with van der Waals surface area (Å²) in [5.74, 6) is 0.183. The van der Waals surface area contributed by atoms with Gasteiger partial charge >= 0.3 is 6.36 Å². The molecule has 0 aromatic heterocycles. The zero-order valence-electron chi connectivity index (χ0n) is 12.9. The van der Waals surface area contributed by atoms with Crippen molar-refractivity contribution in [2.24, 2.45) is 5.73 Å². The van der Waals surface area contributed by atoms with Crippen molar-refractivity contribution < 1.29 is 32.5 Å². The summed E-state index contributed by atoms with van der Waals surface area (Å²) in [5, 5.41) is 10.2. The lowest BCUT2D eigenvalue weighted by Crippen LogP contribution is -2.17. The molecule has 0 amide bonds. The number of benzene rings is 2. The molecule has 0 aliphatic rings. The Labute approximate surface area is 136 Å². The second-order valence-electron chi connectivity index (χ2n) is 4.86. The molecule has 0 saturated heterocycles. The molecule has 2 aromatic carbocycles. The molecule has 2 aromatic rings. The summed E-state index contributed by atoms with van der Waals surface area (Å²) >= 11 is 0. The Bertz CT molecular complexity index is 702. The Morgan fingerprint density at radius 3 is 2.12 bits per heavy atom. The molecule has 0 bridgehead atoms. The number of methoxy groups -OCH3 is 2. The molecule has 130 valence electrons. The van der Waals surface area contributed by atoms with E-state index in [1.165, 1.54) is 32.4 Å². The minimum atomic E-state index is -4.76. The molecule has 0 heterocycles. The van der Waals surface area contributed by atoms with Crippen LogP contribution in [-0.2, 0) is 0 Å². The first-order chi connectivity index (χ1) is 11.2. The Balaban J connectivity index is 2.33. The normalized spacial score (nSPS) is 12.6. The largest absolute Gasteiger partial charge is 0.573 e. The molecule has 5 nitrogen and oxygen atoms in total. The van der Waals surface area contributed by atoms with Crippen molar-refractivity contribution in [3.63, 3.8) is 0 Å². The number of hydrogen-bond donors (Lipinski definition) is 2. The van der Waals surface area contributed by atoms with Crippen LogP contribution in [0.3, 0.4) is 0 Å². The van der Waals surface area contributed by atoms with Crippen molar-refractivity contribution in [3.05, 3.63) is 47.5 Å². The highest BCUT2D eigenvalue weighted by molar-refractivity contribution is 5.54. The lowest BCUT2D eigenvalue weighted by molar-refractivity contribution is -0.274. The summed E-state index contributed by atoms with van der Waals surface area (Å²) in [7, 11) is 2.85. The van der Waals surface area contributed by atoms with E-state index in [1.807, 2.05) is 0 Å². The van der Waals surface area contributed by atoms with Crippen molar-refractivity contribution in [3.8, 4) is 23.0 Å². The highest BCUT2D eigenvalue weighted by atomic mass is 19.4. The van der Waals surface area contributed by atoms with Crippen LogP contribution in [0.1, 0.15) is 17.2 Å². The van der Waals surface area contributed by atoms with Gasteiger partial charge in [0.15, 0.2) is 0 Å². The highest BCUT2D eigenvalue weighted by Gasteiger charge is 2.31. The molecular weight excluding hydrogens is 327 g/mol. The van der Waals surface area contributed by atoms with Gasteiger partial charge in [0.25, 0.3) is 0 Å². The molecule has 0 saturated carbocycles. The van der Waals surface area contributed by atoms with Crippen LogP contribution in [0, 0.1) is 0 Å². The number of hydrogen-bond acceptors (Lipinski definition) is 5. The molecule has 1 atom stereocenters. The molecule has 0 spiro atoms. The monoisotopic (exact) mass is 343 g/mol. The predicted octanol–water partition coefficient (Wildman–Crippen LogP) is 3.36. The third-order valence-corrected chi connectivity index (χ3v) is 3.33. The third kappa shape index (κ3) is 4.02. The second-order valence-corrected chi connectivity index (χ2v) is 4.86. The Morgan fingerprint density at radius 2 is 1.62 bits per heavy atom. The molecule has 2 rings (SSSR count). The van der Waals surface area contributed by atoms with Crippen LogP contribution >= 0.6 is 0 Å². The van der Waals surface area contributed by atoms with Gasteiger partial charge in [-0.1, -0.05) is 12.1 Å². The number of nitrogens with two attached hydrogens (primary N) is 1. The van der Waals surface area contributed by atoms with Crippen molar-refractivity contribution >= 4 is 0 Å². The van der Waals surface area contributed by atoms with Gasteiger partial charge in [-0.2, -0.15) is 0 Å². The van der Waals surface area contributed by atoms with Gasteiger partial charge in [0, 0.05) is 12.1 Å². The fourth-order valence-corrected chi connectivity index (χ4v) is 2.23. The maximum Gasteiger partial charge on any atom is 0.573 e. The van der Waals surface area contributed by atoms with Gasteiger partial charge in [-0.15, -0.1) is 13.2 Å². The number of aromatic hydroxyl groups is 1. The van der Waals surface area contributed by atoms with E-state index in [2.05, 4.69) is 4.74 Å². The minimum absolute atomic E-state index is 0.144. The van der Waals surface area contributed by atoms with Gasteiger partial charge in [-0.3, -0.25) is 0 Å². The molecule has 24 heavy (non-hydrogen) atoms. The SMILES string of the molecule is COc1cc(O)c([C@@H](N)c2ccc(OC(F)(F)F)cc2)c(OC)c1. The maximum absolute atomic E-state index is 12.2. The average molecular weight is 343 g/mol. The average Bonchev–Trinajstić information content (AvgIpc) is 2.52. The van der Waals surface area contributed by atoms with E-state index in [-0.39, 0.29) is 11.5 Å². The first-order valence-electron chi connectivity index (χ1n) is 6.81. The van der Waals surface area contributed by atoms with Gasteiger partial charge in [0.1, 0.15) is 23.0 Å². The molecule has 0 aliphatic heterocycles. The number of phenols is 1. The summed E-state index contributed by atoms with van der Waals surface area (Å²) in [6.45, 7) is 0. The van der Waals surface area contributed by atoms with Gasteiger partial charge in [0.2, 0.25) is 0 Å². The fraction of sp³-hybridized carbons (Fsp3) is 0.250. The predicted molar refractivity (Wildman–Crippen MR) is 80.4 cm³/mol. The topological polar surface area (TPSA) is 73.9 Å². The van der Waals surface area contributed by atoms with Crippen LogP contribution in [0.15, 0.2) is 36.4 Å². The Morgan fingerprint density at radius 1 is 1.00 bits per heavy atom. The number of rotatable bonds is 5. The standard InChI is InChI=1S/C16H16F3NO4/c1-22-11-7-12(21)14(13(8-11)23-2)15(20)9-3-5-10(6-4-9)24-16(17,18)19/h3-8,15,21H,20H2,1-2H3/t15-/m0/s1. The highest BCUT2D eigenvalue weighted by Crippen LogP contribution is 2.39. The van der Waals surface area contributed by atoms with Crippen LogP contribution in [0.2, 0.25) is 0 Å². The van der Waals surface area contributed by atoms with Gasteiger partial charge in [-0.25, -0.2) is 0 Å². The number of halogens is 3. The van der Waals surface area contributed by atoms with E-state index in [1.54, 1.807) is 6.07 Å². The van der Waals surface area contributed by atoms with Crippen LogP contribution < -0.4 is 19.9 Å². The van der Waals surface area contributed by atoms with Crippen LogP contribution in [0.25, 0.3) is 0 Å². The van der Waals surface area contributed by atoms with Gasteiger partial charge in [-0.05, 0) is 17.7 Å². The summed E-state index contributed by atoms with van der Waals surface area (Å²) in [4.78, 5) is 0. The Kier molecular flexibility index (Phi) is 5.08. The molecule has 0 radical (unpaired) electrons. The van der Waals surface area contributed by atoms with Crippen LogP contribution in [-0.4, -0.2) is 25.7 Å². The summed E-state index contributed by atoms with van der Waals surface area (Å²) < 4.78 is 50.6. The van der Waals surface area contributed by atoms with E-state index >= 15 is 0 Å². The summed E-state index contributed by atoms with van der Waals surface area (Å²) in [6.07, 6.45) is -4.76. The van der Waals surface area contributed by atoms with E-state index in [9.17, 15) is 18.3 Å². The molecule has 3 N–H and O–H groups in total. The fourth-order valence-electron chi connectivity index (χ4n) is 2.23. The second kappa shape index (κ2) is 6.88. The number of phenolic OH excluding ortho intramolecular Hbond substituents is 1. The van der Waals surface area contributed by atoms with E-state index in [0.717, 1.165) is 12.1 Å². The van der Waals surface area contributed by atoms with Crippen molar-refractivity contribution in [1.82, 2.24) is 0 Å². The zero-order chi connectivity index (χ0) is 17.9.